The highest BCUT2D eigenvalue weighted by atomic mass is 35.5. The third kappa shape index (κ3) is 2.33. The lowest BCUT2D eigenvalue weighted by Gasteiger charge is -2.22. The Kier molecular flexibility index (Phi) is 4.19. The van der Waals surface area contributed by atoms with E-state index in [-0.39, 0.29) is 10.8 Å². The van der Waals surface area contributed by atoms with E-state index in [1.807, 2.05) is 0 Å². The minimum Gasteiger partial charge on any atom is -0.0879 e. The average molecular weight is 341 g/mol. The molecule has 0 aromatic rings. The van der Waals surface area contributed by atoms with Gasteiger partial charge in [0, 0.05) is 20.9 Å². The fourth-order valence-electron chi connectivity index (χ4n) is 3.56. The van der Waals surface area contributed by atoms with Crippen LogP contribution in [0.25, 0.3) is 0 Å². The van der Waals surface area contributed by atoms with Gasteiger partial charge in [-0.3, -0.25) is 0 Å². The molecular weight excluding hydrogens is 315 g/mol. The van der Waals surface area contributed by atoms with Gasteiger partial charge in [0.05, 0.1) is 9.52 Å². The maximum Gasteiger partial charge on any atom is 0.0882 e. The first kappa shape index (κ1) is 17.1. The molecule has 0 nitrogen and oxygen atoms in total. The van der Waals surface area contributed by atoms with Crippen LogP contribution < -0.4 is 0 Å². The van der Waals surface area contributed by atoms with Crippen molar-refractivity contribution in [2.75, 3.05) is 0 Å². The maximum absolute atomic E-state index is 6.59. The van der Waals surface area contributed by atoms with Gasteiger partial charge in [-0.15, -0.1) is 0 Å². The highest BCUT2D eigenvalue weighted by Gasteiger charge is 2.38. The van der Waals surface area contributed by atoms with Gasteiger partial charge in [0.1, 0.15) is 0 Å². The molecular formula is C18H26Cl2Si. The zero-order valence-corrected chi connectivity index (χ0v) is 17.4. The molecule has 21 heavy (non-hydrogen) atoms. The lowest BCUT2D eigenvalue weighted by atomic mass is 9.88. The zero-order valence-electron chi connectivity index (χ0n) is 14.5. The predicted molar refractivity (Wildman–Crippen MR) is 98.6 cm³/mol. The highest BCUT2D eigenvalue weighted by molar-refractivity contribution is 6.58. The fraction of sp³-hybridized carbons (Fsp3) is 0.556. The fourth-order valence-corrected chi connectivity index (χ4v) is 6.94. The van der Waals surface area contributed by atoms with Crippen LogP contribution in [0.15, 0.2) is 42.7 Å². The van der Waals surface area contributed by atoms with Gasteiger partial charge < -0.3 is 0 Å². The summed E-state index contributed by atoms with van der Waals surface area (Å²) in [7, 11) is -0.552. The second-order valence-electron chi connectivity index (χ2n) is 7.51. The van der Waals surface area contributed by atoms with Crippen LogP contribution in [0.2, 0.25) is 0 Å². The standard InChI is InChI=1S/C18H26Cl2Si/c1-9-13(11(3)17(5,6)15(9)19)21-14-10(2)16(20)18(7,8)12(14)4/h21H2,1-8H3. The van der Waals surface area contributed by atoms with Gasteiger partial charge in [-0.05, 0) is 38.8 Å². The predicted octanol–water partition coefficient (Wildman–Crippen LogP) is 5.81. The molecule has 0 heterocycles. The van der Waals surface area contributed by atoms with E-state index in [9.17, 15) is 0 Å². The van der Waals surface area contributed by atoms with Gasteiger partial charge in [-0.25, -0.2) is 0 Å². The quantitative estimate of drug-likeness (QED) is 0.556. The Morgan fingerprint density at radius 2 is 0.952 bits per heavy atom. The second kappa shape index (κ2) is 5.14. The van der Waals surface area contributed by atoms with E-state index in [1.54, 1.807) is 0 Å². The molecule has 0 saturated heterocycles. The summed E-state index contributed by atoms with van der Waals surface area (Å²) in [6.07, 6.45) is 0. The van der Waals surface area contributed by atoms with Crippen molar-refractivity contribution in [3.8, 4) is 0 Å². The second-order valence-corrected chi connectivity index (χ2v) is 10.0. The molecule has 0 bridgehead atoms. The van der Waals surface area contributed by atoms with Crippen LogP contribution in [0, 0.1) is 10.8 Å². The van der Waals surface area contributed by atoms with Crippen molar-refractivity contribution in [1.82, 2.24) is 0 Å². The van der Waals surface area contributed by atoms with E-state index in [0.29, 0.717) is 0 Å². The molecule has 0 N–H and O–H groups in total. The van der Waals surface area contributed by atoms with Crippen LogP contribution in [-0.4, -0.2) is 9.52 Å². The summed E-state index contributed by atoms with van der Waals surface area (Å²) in [6.45, 7) is 17.8. The largest absolute Gasteiger partial charge is 0.0882 e. The van der Waals surface area contributed by atoms with Crippen LogP contribution in [-0.2, 0) is 0 Å². The number of hydrogen-bond acceptors (Lipinski definition) is 0. The topological polar surface area (TPSA) is 0 Å². The van der Waals surface area contributed by atoms with Crippen LogP contribution in [0.3, 0.4) is 0 Å². The van der Waals surface area contributed by atoms with Gasteiger partial charge in [0.25, 0.3) is 0 Å². The molecule has 0 atom stereocenters. The van der Waals surface area contributed by atoms with Crippen LogP contribution in [0.5, 0.6) is 0 Å². The lowest BCUT2D eigenvalue weighted by molar-refractivity contribution is 0.575. The minimum atomic E-state index is -0.552. The summed E-state index contributed by atoms with van der Waals surface area (Å²) in [5.41, 5.74) is 5.51. The van der Waals surface area contributed by atoms with Crippen LogP contribution in [0.1, 0.15) is 55.4 Å². The molecule has 116 valence electrons. The molecule has 0 aliphatic heterocycles. The Hall–Kier alpha value is -0.243. The Morgan fingerprint density at radius 1 is 0.667 bits per heavy atom. The first-order valence-electron chi connectivity index (χ1n) is 7.59. The van der Waals surface area contributed by atoms with Crippen molar-refractivity contribution >= 4 is 32.7 Å². The van der Waals surface area contributed by atoms with Crippen LogP contribution >= 0.6 is 23.2 Å². The Bertz CT molecular complexity index is 584. The van der Waals surface area contributed by atoms with Crippen LogP contribution in [0.4, 0.5) is 0 Å². The third-order valence-electron chi connectivity index (χ3n) is 5.80. The normalized spacial score (nSPS) is 24.9. The summed E-state index contributed by atoms with van der Waals surface area (Å²) in [5.74, 6) is 0. The van der Waals surface area contributed by atoms with Crippen molar-refractivity contribution in [1.29, 1.82) is 0 Å². The van der Waals surface area contributed by atoms with E-state index in [1.165, 1.54) is 32.7 Å². The van der Waals surface area contributed by atoms with Crippen molar-refractivity contribution in [2.24, 2.45) is 10.8 Å². The molecule has 2 aliphatic carbocycles. The van der Waals surface area contributed by atoms with Crippen molar-refractivity contribution in [3.63, 3.8) is 0 Å². The van der Waals surface area contributed by atoms with Gasteiger partial charge in [-0.2, -0.15) is 0 Å². The third-order valence-corrected chi connectivity index (χ3v) is 10.1. The molecule has 0 unspecified atom stereocenters. The molecule has 2 aliphatic rings. The molecule has 3 heteroatoms. The monoisotopic (exact) mass is 340 g/mol. The van der Waals surface area contributed by atoms with E-state index in [2.05, 4.69) is 55.4 Å². The van der Waals surface area contributed by atoms with Gasteiger partial charge in [0.15, 0.2) is 0 Å². The van der Waals surface area contributed by atoms with Gasteiger partial charge >= 0.3 is 0 Å². The van der Waals surface area contributed by atoms with Gasteiger partial charge in [0.2, 0.25) is 0 Å². The molecule has 2 rings (SSSR count). The number of hydrogen-bond donors (Lipinski definition) is 0. The zero-order chi connectivity index (χ0) is 16.3. The summed E-state index contributed by atoms with van der Waals surface area (Å²) in [5, 5.41) is 5.10. The smallest absolute Gasteiger partial charge is 0.0879 e. The van der Waals surface area contributed by atoms with Crippen molar-refractivity contribution in [2.45, 2.75) is 55.4 Å². The van der Waals surface area contributed by atoms with E-state index >= 15 is 0 Å². The first-order chi connectivity index (χ1) is 9.44. The SMILES string of the molecule is CC1=C(Cl)C(C)(C)C(C)=C1[SiH2]C1=C(C)C(C)(C)C(Cl)=C1C. The number of halogens is 2. The van der Waals surface area contributed by atoms with E-state index in [4.69, 9.17) is 23.2 Å². The van der Waals surface area contributed by atoms with E-state index < -0.39 is 9.52 Å². The minimum absolute atomic E-state index is 0.00201. The summed E-state index contributed by atoms with van der Waals surface area (Å²) in [6, 6.07) is 0. The van der Waals surface area contributed by atoms with Gasteiger partial charge in [-0.1, -0.05) is 72.4 Å². The Labute approximate surface area is 141 Å². The lowest BCUT2D eigenvalue weighted by Crippen LogP contribution is -2.13. The summed E-state index contributed by atoms with van der Waals surface area (Å²) in [4.78, 5) is 0. The first-order valence-corrected chi connectivity index (χ1v) is 9.76. The molecule has 0 radical (unpaired) electrons. The maximum atomic E-state index is 6.59. The van der Waals surface area contributed by atoms with E-state index in [0.717, 1.165) is 10.1 Å². The summed E-state index contributed by atoms with van der Waals surface area (Å²) >= 11 is 13.2. The molecule has 0 amide bonds. The van der Waals surface area contributed by atoms with Crippen molar-refractivity contribution in [3.05, 3.63) is 42.7 Å². The Balaban J connectivity index is 2.50. The molecule has 0 saturated carbocycles. The number of allylic oxidation sites excluding steroid dienone is 8. The summed E-state index contributed by atoms with van der Waals surface area (Å²) < 4.78 is 0. The highest BCUT2D eigenvalue weighted by Crippen LogP contribution is 2.51. The van der Waals surface area contributed by atoms with Crippen molar-refractivity contribution < 1.29 is 0 Å². The molecule has 0 spiro atoms. The number of rotatable bonds is 2. The molecule has 0 aromatic heterocycles. The average Bonchev–Trinajstić information content (AvgIpc) is 2.64. The molecule has 0 aromatic carbocycles. The Morgan fingerprint density at radius 3 is 1.14 bits per heavy atom. The molecule has 0 fully saturated rings.